The third-order valence-electron chi connectivity index (χ3n) is 2.35. The van der Waals surface area contributed by atoms with Crippen LogP contribution in [0.15, 0.2) is 24.3 Å². The summed E-state index contributed by atoms with van der Waals surface area (Å²) < 4.78 is 71.4. The third-order valence-corrected chi connectivity index (χ3v) is 3.08. The topological polar surface area (TPSA) is 118 Å². The molecular weight excluding hydrogens is 333 g/mol. The Balaban J connectivity index is 3.10. The molecule has 0 saturated carbocycles. The molecule has 7 nitrogen and oxygen atoms in total. The van der Waals surface area contributed by atoms with E-state index in [2.05, 4.69) is 4.74 Å². The number of carbonyl (C=O) groups is 2. The summed E-state index contributed by atoms with van der Waals surface area (Å²) in [6.45, 7) is 0. The molecule has 0 aliphatic rings. The van der Waals surface area contributed by atoms with Crippen molar-refractivity contribution in [2.75, 3.05) is 5.75 Å². The zero-order valence-electron chi connectivity index (χ0n) is 10.6. The monoisotopic (exact) mass is 342 g/mol. The fraction of sp³-hybridized carbons (Fsp3) is 0.273. The maximum absolute atomic E-state index is 12.6. The number of halogens is 3. The van der Waals surface area contributed by atoms with Crippen LogP contribution in [0, 0.1) is 0 Å². The van der Waals surface area contributed by atoms with E-state index >= 15 is 0 Å². The minimum absolute atomic E-state index is 0.611. The Morgan fingerprint density at radius 2 is 1.68 bits per heavy atom. The highest BCUT2D eigenvalue weighted by molar-refractivity contribution is 7.85. The first kappa shape index (κ1) is 17.9. The summed E-state index contributed by atoms with van der Waals surface area (Å²) in [6.07, 6.45) is -8.39. The van der Waals surface area contributed by atoms with E-state index in [1.54, 1.807) is 0 Å². The smallest absolute Gasteiger partial charge is 0.426 e. The molecule has 1 aromatic rings. The second-order valence-corrected chi connectivity index (χ2v) is 5.53. The lowest BCUT2D eigenvalue weighted by Crippen LogP contribution is -2.39. The standard InChI is InChI=1S/C11H9F3O7S/c12-11(13,14)8(5-22(18,19)20)21-10(17)7-4-2-1-3-6(7)9(15)16/h1-4,8H,5H2,(H,15,16)(H,18,19,20). The molecule has 122 valence electrons. The van der Waals surface area contributed by atoms with E-state index in [-0.39, 0.29) is 0 Å². The van der Waals surface area contributed by atoms with E-state index in [0.29, 0.717) is 0 Å². The molecule has 0 radical (unpaired) electrons. The number of hydrogen-bond donors (Lipinski definition) is 2. The van der Waals surface area contributed by atoms with Crippen LogP contribution in [0.5, 0.6) is 0 Å². The first-order valence-electron chi connectivity index (χ1n) is 5.47. The average molecular weight is 342 g/mol. The number of alkyl halides is 3. The summed E-state index contributed by atoms with van der Waals surface area (Å²) in [5, 5.41) is 8.83. The van der Waals surface area contributed by atoms with Crippen LogP contribution in [0.1, 0.15) is 20.7 Å². The zero-order valence-corrected chi connectivity index (χ0v) is 11.4. The number of carboxylic acids is 1. The van der Waals surface area contributed by atoms with Gasteiger partial charge < -0.3 is 9.84 Å². The molecule has 0 aliphatic carbocycles. The molecule has 0 aromatic heterocycles. The predicted molar refractivity (Wildman–Crippen MR) is 65.1 cm³/mol. The number of carboxylic acid groups (broad SMARTS) is 1. The van der Waals surface area contributed by atoms with Gasteiger partial charge in [-0.3, -0.25) is 4.55 Å². The first-order valence-corrected chi connectivity index (χ1v) is 7.08. The van der Waals surface area contributed by atoms with Crippen molar-refractivity contribution in [1.82, 2.24) is 0 Å². The summed E-state index contributed by atoms with van der Waals surface area (Å²) >= 11 is 0. The number of carbonyl (C=O) groups excluding carboxylic acids is 1. The van der Waals surface area contributed by atoms with Gasteiger partial charge in [-0.1, -0.05) is 12.1 Å². The second kappa shape index (κ2) is 6.32. The number of ether oxygens (including phenoxy) is 1. The van der Waals surface area contributed by atoms with E-state index in [1.165, 1.54) is 12.1 Å². The minimum atomic E-state index is -5.26. The Hall–Kier alpha value is -2.14. The highest BCUT2D eigenvalue weighted by atomic mass is 32.2. The molecule has 1 rings (SSSR count). The molecular formula is C11H9F3O7S. The minimum Gasteiger partial charge on any atom is -0.478 e. The molecule has 0 amide bonds. The van der Waals surface area contributed by atoms with E-state index < -0.39 is 51.2 Å². The van der Waals surface area contributed by atoms with Gasteiger partial charge in [-0.15, -0.1) is 0 Å². The first-order chi connectivity index (χ1) is 9.92. The normalized spacial score (nSPS) is 13.5. The van der Waals surface area contributed by atoms with Crippen LogP contribution in [-0.4, -0.2) is 48.0 Å². The van der Waals surface area contributed by atoms with Gasteiger partial charge in [0.25, 0.3) is 10.1 Å². The van der Waals surface area contributed by atoms with Crippen molar-refractivity contribution in [2.24, 2.45) is 0 Å². The Morgan fingerprint density at radius 1 is 1.18 bits per heavy atom. The third kappa shape index (κ3) is 5.00. The number of benzene rings is 1. The molecule has 2 N–H and O–H groups in total. The summed E-state index contributed by atoms with van der Waals surface area (Å²) in [4.78, 5) is 22.5. The largest absolute Gasteiger partial charge is 0.478 e. The summed E-state index contributed by atoms with van der Waals surface area (Å²) in [6, 6.07) is 4.30. The van der Waals surface area contributed by atoms with Crippen molar-refractivity contribution < 1.29 is 45.6 Å². The van der Waals surface area contributed by atoms with Crippen LogP contribution in [0.3, 0.4) is 0 Å². The predicted octanol–water partition coefficient (Wildman–Crippen LogP) is 1.36. The van der Waals surface area contributed by atoms with Crippen LogP contribution in [0.25, 0.3) is 0 Å². The Labute approximate surface area is 122 Å². The van der Waals surface area contributed by atoms with Gasteiger partial charge in [0, 0.05) is 0 Å². The second-order valence-electron chi connectivity index (χ2n) is 4.03. The molecule has 11 heteroatoms. The molecule has 0 aliphatic heterocycles. The highest BCUT2D eigenvalue weighted by Crippen LogP contribution is 2.25. The summed E-state index contributed by atoms with van der Waals surface area (Å²) in [7, 11) is -5.07. The molecule has 0 bridgehead atoms. The van der Waals surface area contributed by atoms with Crippen molar-refractivity contribution in [1.29, 1.82) is 0 Å². The van der Waals surface area contributed by atoms with Gasteiger partial charge in [0.1, 0.15) is 5.75 Å². The molecule has 0 heterocycles. The molecule has 0 fully saturated rings. The van der Waals surface area contributed by atoms with Crippen molar-refractivity contribution >= 4 is 22.1 Å². The van der Waals surface area contributed by atoms with Gasteiger partial charge in [-0.25, -0.2) is 9.59 Å². The van der Waals surface area contributed by atoms with Gasteiger partial charge in [-0.05, 0) is 12.1 Å². The van der Waals surface area contributed by atoms with Crippen LogP contribution in [0.2, 0.25) is 0 Å². The van der Waals surface area contributed by atoms with E-state index in [1.807, 2.05) is 0 Å². The molecule has 0 spiro atoms. The maximum atomic E-state index is 12.6. The fourth-order valence-corrected chi connectivity index (χ4v) is 2.07. The molecule has 1 unspecified atom stereocenters. The van der Waals surface area contributed by atoms with Crippen LogP contribution in [-0.2, 0) is 14.9 Å². The van der Waals surface area contributed by atoms with Crippen molar-refractivity contribution in [2.45, 2.75) is 12.3 Å². The zero-order chi connectivity index (χ0) is 17.1. The van der Waals surface area contributed by atoms with Gasteiger partial charge in [-0.2, -0.15) is 21.6 Å². The van der Waals surface area contributed by atoms with E-state index in [0.717, 1.165) is 12.1 Å². The van der Waals surface area contributed by atoms with Gasteiger partial charge in [0.05, 0.1) is 11.1 Å². The molecule has 22 heavy (non-hydrogen) atoms. The van der Waals surface area contributed by atoms with Crippen LogP contribution in [0.4, 0.5) is 13.2 Å². The number of esters is 1. The number of hydrogen-bond acceptors (Lipinski definition) is 5. The van der Waals surface area contributed by atoms with Crippen molar-refractivity contribution in [3.05, 3.63) is 35.4 Å². The molecule has 0 saturated heterocycles. The number of rotatable bonds is 5. The van der Waals surface area contributed by atoms with Crippen LogP contribution >= 0.6 is 0 Å². The Kier molecular flexibility index (Phi) is 5.14. The average Bonchev–Trinajstić information content (AvgIpc) is 2.35. The van der Waals surface area contributed by atoms with Gasteiger partial charge in [0.2, 0.25) is 6.10 Å². The summed E-state index contributed by atoms with van der Waals surface area (Å²) in [5.74, 6) is -5.15. The number of aromatic carboxylic acids is 1. The van der Waals surface area contributed by atoms with Crippen molar-refractivity contribution in [3.63, 3.8) is 0 Å². The quantitative estimate of drug-likeness (QED) is 0.613. The fourth-order valence-electron chi connectivity index (χ4n) is 1.43. The lowest BCUT2D eigenvalue weighted by molar-refractivity contribution is -0.197. The summed E-state index contributed by atoms with van der Waals surface area (Å²) in [5.41, 5.74) is -1.29. The molecule has 1 aromatic carbocycles. The van der Waals surface area contributed by atoms with Gasteiger partial charge in [0.15, 0.2) is 0 Å². The van der Waals surface area contributed by atoms with E-state index in [9.17, 15) is 31.2 Å². The SMILES string of the molecule is O=C(O)c1ccccc1C(=O)OC(CS(=O)(=O)O)C(F)(F)F. The van der Waals surface area contributed by atoms with Crippen molar-refractivity contribution in [3.8, 4) is 0 Å². The van der Waals surface area contributed by atoms with Gasteiger partial charge >= 0.3 is 18.1 Å². The Morgan fingerprint density at radius 3 is 2.09 bits per heavy atom. The van der Waals surface area contributed by atoms with Crippen LogP contribution < -0.4 is 0 Å². The van der Waals surface area contributed by atoms with E-state index in [4.69, 9.17) is 9.66 Å². The maximum Gasteiger partial charge on any atom is 0.426 e. The lowest BCUT2D eigenvalue weighted by atomic mass is 10.1. The molecule has 1 atom stereocenters. The highest BCUT2D eigenvalue weighted by Gasteiger charge is 2.45. The Bertz CT molecular complexity index is 681. The lowest BCUT2D eigenvalue weighted by Gasteiger charge is -2.19.